The molecule has 4 heterocycles. The molecule has 1 amide bonds. The number of hydrogen-bond donors (Lipinski definition) is 1. The zero-order valence-electron chi connectivity index (χ0n) is 25.8. The second kappa shape index (κ2) is 13.8. The molecule has 0 bridgehead atoms. The fourth-order valence-corrected chi connectivity index (χ4v) is 5.51. The van der Waals surface area contributed by atoms with Crippen LogP contribution < -0.4 is 15.8 Å². The van der Waals surface area contributed by atoms with Crippen LogP contribution >= 0.6 is 0 Å². The number of piperazine rings is 1. The van der Waals surface area contributed by atoms with Gasteiger partial charge in [-0.15, -0.1) is 0 Å². The maximum Gasteiger partial charge on any atom is 0.433 e. The summed E-state index contributed by atoms with van der Waals surface area (Å²) >= 11 is 0. The van der Waals surface area contributed by atoms with E-state index in [1.807, 2.05) is 0 Å². The molecule has 1 atom stereocenters. The second-order valence-electron chi connectivity index (χ2n) is 12.2. The molecule has 0 saturated carbocycles. The highest BCUT2D eigenvalue weighted by atomic mass is 28.3. The van der Waals surface area contributed by atoms with Crippen molar-refractivity contribution in [1.29, 1.82) is 0 Å². The molecule has 0 radical (unpaired) electrons. The first-order valence-corrected chi connectivity index (χ1v) is 18.2. The van der Waals surface area contributed by atoms with Crippen LogP contribution in [0, 0.1) is 0 Å². The molecule has 4 rings (SSSR count). The van der Waals surface area contributed by atoms with Crippen LogP contribution in [-0.4, -0.2) is 82.0 Å². The minimum Gasteiger partial charge on any atom is -0.379 e. The van der Waals surface area contributed by atoms with E-state index in [4.69, 9.17) is 4.74 Å². The molecule has 1 fully saturated rings. The summed E-state index contributed by atoms with van der Waals surface area (Å²) in [6.07, 6.45) is -4.37. The largest absolute Gasteiger partial charge is 0.433 e. The van der Waals surface area contributed by atoms with E-state index in [0.717, 1.165) is 24.5 Å². The molecule has 252 valence electrons. The van der Waals surface area contributed by atoms with E-state index >= 15 is 0 Å². The number of ether oxygens (including phenoxy) is 1. The maximum atomic E-state index is 13.9. The van der Waals surface area contributed by atoms with Gasteiger partial charge in [0.1, 0.15) is 18.0 Å². The van der Waals surface area contributed by atoms with E-state index < -0.39 is 55.7 Å². The molecular weight excluding hydrogens is 638 g/mol. The fourth-order valence-electron chi connectivity index (χ4n) is 4.75. The van der Waals surface area contributed by atoms with Crippen LogP contribution in [0.4, 0.5) is 38.0 Å². The molecule has 11 nitrogen and oxygen atoms in total. The molecule has 0 aromatic carbocycles. The molecule has 1 aliphatic heterocycles. The van der Waals surface area contributed by atoms with Gasteiger partial charge >= 0.3 is 12.4 Å². The molecule has 18 heteroatoms. The molecule has 3 aromatic rings. The molecule has 1 saturated heterocycles. The van der Waals surface area contributed by atoms with Crippen molar-refractivity contribution >= 4 is 25.6 Å². The van der Waals surface area contributed by atoms with Crippen molar-refractivity contribution in [3.63, 3.8) is 0 Å². The van der Waals surface area contributed by atoms with Gasteiger partial charge in [-0.3, -0.25) is 9.59 Å². The van der Waals surface area contributed by atoms with E-state index in [0.29, 0.717) is 16.9 Å². The number of halogens is 6. The van der Waals surface area contributed by atoms with Gasteiger partial charge in [0, 0.05) is 72.0 Å². The van der Waals surface area contributed by atoms with Crippen molar-refractivity contribution < 1.29 is 35.9 Å². The van der Waals surface area contributed by atoms with Crippen molar-refractivity contribution in [2.75, 3.05) is 43.0 Å². The summed E-state index contributed by atoms with van der Waals surface area (Å²) in [5.74, 6) is -0.371. The standard InChI is InChI=1S/C28H36F6N8O3Si/c1-19(37-21-15-36-42(18-45-13-14-46(2,3)4)25(44)23(21)28(32,33)34)16-39-8-6-20(17-39)24(43)40-9-11-41(12-10-40)26-35-7-5-22(38-26)27(29,30)31/h5-8,15,17,19,37H,9-14,16,18H2,1-4H3. The van der Waals surface area contributed by atoms with Crippen LogP contribution in [0.3, 0.4) is 0 Å². The third-order valence-corrected chi connectivity index (χ3v) is 8.91. The Bertz CT molecular complexity index is 1560. The SMILES string of the molecule is CC(Cn1ccc(C(=O)N2CCN(c3nccc(C(F)(F)F)n3)CC2)c1)Nc1cnn(COCC[Si](C)(C)C)c(=O)c1C(F)(F)F. The number of alkyl halides is 6. The first-order valence-electron chi connectivity index (χ1n) is 14.5. The Labute approximate surface area is 262 Å². The summed E-state index contributed by atoms with van der Waals surface area (Å²) in [5.41, 5.74) is -3.86. The predicted molar refractivity (Wildman–Crippen MR) is 160 cm³/mol. The van der Waals surface area contributed by atoms with Crippen molar-refractivity contribution in [1.82, 2.24) is 29.2 Å². The fraction of sp³-hybridized carbons (Fsp3) is 0.536. The van der Waals surface area contributed by atoms with Gasteiger partial charge in [0.05, 0.1) is 17.4 Å². The van der Waals surface area contributed by atoms with Gasteiger partial charge in [-0.25, -0.2) is 14.6 Å². The minimum absolute atomic E-state index is 0.0680. The lowest BCUT2D eigenvalue weighted by molar-refractivity contribution is -0.141. The first-order chi connectivity index (χ1) is 21.4. The number of hydrogen-bond acceptors (Lipinski definition) is 8. The normalized spacial score (nSPS) is 15.3. The van der Waals surface area contributed by atoms with E-state index in [-0.39, 0.29) is 44.6 Å². The summed E-state index contributed by atoms with van der Waals surface area (Å²) in [7, 11) is -1.42. The van der Waals surface area contributed by atoms with Crippen LogP contribution in [0.15, 0.2) is 41.7 Å². The van der Waals surface area contributed by atoms with Gasteiger partial charge in [0.2, 0.25) is 5.95 Å². The van der Waals surface area contributed by atoms with Gasteiger partial charge in [0.15, 0.2) is 0 Å². The van der Waals surface area contributed by atoms with Crippen molar-refractivity contribution in [2.24, 2.45) is 0 Å². The Morgan fingerprint density at radius 2 is 1.76 bits per heavy atom. The van der Waals surface area contributed by atoms with Gasteiger partial charge in [-0.1, -0.05) is 19.6 Å². The highest BCUT2D eigenvalue weighted by Crippen LogP contribution is 2.32. The lowest BCUT2D eigenvalue weighted by Crippen LogP contribution is -2.49. The van der Waals surface area contributed by atoms with Crippen molar-refractivity contribution in [3.8, 4) is 0 Å². The number of anilines is 2. The average molecular weight is 675 g/mol. The summed E-state index contributed by atoms with van der Waals surface area (Å²) in [5, 5.41) is 6.60. The average Bonchev–Trinajstić information content (AvgIpc) is 3.42. The second-order valence-corrected chi connectivity index (χ2v) is 17.9. The van der Waals surface area contributed by atoms with E-state index in [9.17, 15) is 35.9 Å². The summed E-state index contributed by atoms with van der Waals surface area (Å²) in [4.78, 5) is 36.5. The third-order valence-electron chi connectivity index (χ3n) is 7.20. The molecule has 0 spiro atoms. The zero-order valence-corrected chi connectivity index (χ0v) is 26.8. The van der Waals surface area contributed by atoms with E-state index in [1.54, 1.807) is 39.8 Å². The molecular formula is C28H36F6N8O3Si. The van der Waals surface area contributed by atoms with Gasteiger partial charge in [-0.05, 0) is 25.1 Å². The van der Waals surface area contributed by atoms with Crippen LogP contribution in [0.1, 0.15) is 28.5 Å². The number of rotatable bonds is 11. The van der Waals surface area contributed by atoms with Crippen LogP contribution in [0.25, 0.3) is 0 Å². The Morgan fingerprint density at radius 3 is 2.39 bits per heavy atom. The quantitative estimate of drug-likeness (QED) is 0.178. The Kier molecular flexibility index (Phi) is 10.5. The number of nitrogens with one attached hydrogen (secondary N) is 1. The molecule has 3 aromatic heterocycles. The maximum absolute atomic E-state index is 13.9. The van der Waals surface area contributed by atoms with Gasteiger partial charge in [0.25, 0.3) is 11.5 Å². The summed E-state index contributed by atoms with van der Waals surface area (Å²) < 4.78 is 88.6. The number of amides is 1. The Hall–Kier alpha value is -3.93. The first kappa shape index (κ1) is 34.9. The van der Waals surface area contributed by atoms with Crippen LogP contribution in [-0.2, 0) is 30.4 Å². The van der Waals surface area contributed by atoms with Gasteiger partial charge < -0.3 is 24.4 Å². The smallest absolute Gasteiger partial charge is 0.379 e. The van der Waals surface area contributed by atoms with Crippen LogP contribution in [0.2, 0.25) is 25.7 Å². The molecule has 1 N–H and O–H groups in total. The number of carbonyl (C=O) groups is 1. The van der Waals surface area contributed by atoms with E-state index in [1.165, 1.54) is 0 Å². The monoisotopic (exact) mass is 674 g/mol. The predicted octanol–water partition coefficient (Wildman–Crippen LogP) is 4.65. The molecule has 1 aliphatic rings. The Balaban J connectivity index is 1.35. The van der Waals surface area contributed by atoms with E-state index in [2.05, 4.69) is 40.0 Å². The molecule has 46 heavy (non-hydrogen) atoms. The van der Waals surface area contributed by atoms with Crippen molar-refractivity contribution in [3.05, 3.63) is 64.1 Å². The van der Waals surface area contributed by atoms with Gasteiger partial charge in [-0.2, -0.15) is 31.4 Å². The lowest BCUT2D eigenvalue weighted by atomic mass is 10.2. The highest BCUT2D eigenvalue weighted by molar-refractivity contribution is 6.76. The number of carbonyl (C=O) groups excluding carboxylic acids is 1. The topological polar surface area (TPSA) is 110 Å². The highest BCUT2D eigenvalue weighted by Gasteiger charge is 2.39. The number of aromatic nitrogens is 5. The summed E-state index contributed by atoms with van der Waals surface area (Å²) in [6.45, 7) is 9.01. The zero-order chi connectivity index (χ0) is 33.9. The third kappa shape index (κ3) is 9.08. The van der Waals surface area contributed by atoms with Crippen molar-refractivity contribution in [2.45, 2.75) is 64.3 Å². The van der Waals surface area contributed by atoms with Crippen LogP contribution in [0.5, 0.6) is 0 Å². The Morgan fingerprint density at radius 1 is 1.07 bits per heavy atom. The lowest BCUT2D eigenvalue weighted by Gasteiger charge is -2.34. The summed E-state index contributed by atoms with van der Waals surface area (Å²) in [6, 6.07) is 2.55. The molecule has 1 unspecified atom stereocenters. The molecule has 0 aliphatic carbocycles. The number of nitrogens with zero attached hydrogens (tertiary/aromatic N) is 7. The minimum atomic E-state index is -4.94.